The molecule has 2 aliphatic rings. The van der Waals surface area contributed by atoms with Crippen LogP contribution in [0, 0.1) is 5.92 Å². The summed E-state index contributed by atoms with van der Waals surface area (Å²) in [5.41, 5.74) is 0. The molecule has 0 aliphatic carbocycles. The van der Waals surface area contributed by atoms with Gasteiger partial charge in [-0.1, -0.05) is 6.42 Å². The fraction of sp³-hybridized carbons (Fsp3) is 0.647. The van der Waals surface area contributed by atoms with E-state index < -0.39 is 0 Å². The van der Waals surface area contributed by atoms with E-state index in [9.17, 15) is 9.59 Å². The summed E-state index contributed by atoms with van der Waals surface area (Å²) in [6.07, 6.45) is 5.73. The average molecular weight is 319 g/mol. The number of hydrogen-bond donors (Lipinski definition) is 1. The SMILES string of the molecule is O=C(NCCN1CCCCC1)C1CC(=O)N(Cc2ccco2)C1. The standard InChI is InChI=1S/C17H25N3O3/c21-16-11-14(12-20(16)13-15-5-4-10-23-15)17(22)18-6-9-19-7-2-1-3-8-19/h4-5,10,14H,1-3,6-9,11-13H2,(H,18,22). The highest BCUT2D eigenvalue weighted by Gasteiger charge is 2.34. The van der Waals surface area contributed by atoms with Gasteiger partial charge in [0.25, 0.3) is 0 Å². The van der Waals surface area contributed by atoms with E-state index in [1.807, 2.05) is 6.07 Å². The summed E-state index contributed by atoms with van der Waals surface area (Å²) >= 11 is 0. The van der Waals surface area contributed by atoms with Crippen molar-refractivity contribution < 1.29 is 14.0 Å². The molecule has 0 radical (unpaired) electrons. The molecule has 0 spiro atoms. The molecule has 3 rings (SSSR count). The lowest BCUT2D eigenvalue weighted by Crippen LogP contribution is -2.40. The number of hydrogen-bond acceptors (Lipinski definition) is 4. The molecular weight excluding hydrogens is 294 g/mol. The highest BCUT2D eigenvalue weighted by Crippen LogP contribution is 2.20. The van der Waals surface area contributed by atoms with Crippen LogP contribution in [0.3, 0.4) is 0 Å². The minimum atomic E-state index is -0.237. The first-order chi connectivity index (χ1) is 11.2. The summed E-state index contributed by atoms with van der Waals surface area (Å²) in [4.78, 5) is 28.4. The predicted molar refractivity (Wildman–Crippen MR) is 85.5 cm³/mol. The predicted octanol–water partition coefficient (Wildman–Crippen LogP) is 1.23. The van der Waals surface area contributed by atoms with Gasteiger partial charge in [-0.3, -0.25) is 9.59 Å². The molecule has 2 saturated heterocycles. The Hall–Kier alpha value is -1.82. The summed E-state index contributed by atoms with van der Waals surface area (Å²) < 4.78 is 5.27. The summed E-state index contributed by atoms with van der Waals surface area (Å²) in [5, 5.41) is 2.99. The number of carbonyl (C=O) groups is 2. The van der Waals surface area contributed by atoms with Gasteiger partial charge in [0.15, 0.2) is 0 Å². The van der Waals surface area contributed by atoms with Gasteiger partial charge in [-0.2, -0.15) is 0 Å². The fourth-order valence-electron chi connectivity index (χ4n) is 3.36. The minimum Gasteiger partial charge on any atom is -0.467 e. The second-order valence-electron chi connectivity index (χ2n) is 6.45. The molecule has 1 atom stereocenters. The zero-order chi connectivity index (χ0) is 16.1. The summed E-state index contributed by atoms with van der Waals surface area (Å²) in [6, 6.07) is 3.65. The van der Waals surface area contributed by atoms with E-state index in [1.165, 1.54) is 19.3 Å². The van der Waals surface area contributed by atoms with Gasteiger partial charge in [0.1, 0.15) is 5.76 Å². The normalized spacial score (nSPS) is 22.5. The Kier molecular flexibility index (Phi) is 5.33. The Bertz CT molecular complexity index is 523. The highest BCUT2D eigenvalue weighted by atomic mass is 16.3. The zero-order valence-electron chi connectivity index (χ0n) is 13.5. The molecule has 23 heavy (non-hydrogen) atoms. The maximum atomic E-state index is 12.2. The van der Waals surface area contributed by atoms with Crippen molar-refractivity contribution in [2.45, 2.75) is 32.2 Å². The van der Waals surface area contributed by atoms with Gasteiger partial charge < -0.3 is 19.5 Å². The molecule has 3 heterocycles. The van der Waals surface area contributed by atoms with Gasteiger partial charge in [0.05, 0.1) is 18.7 Å². The molecule has 1 unspecified atom stereocenters. The maximum Gasteiger partial charge on any atom is 0.225 e. The van der Waals surface area contributed by atoms with E-state index in [1.54, 1.807) is 17.2 Å². The topological polar surface area (TPSA) is 65.8 Å². The number of piperidine rings is 1. The van der Waals surface area contributed by atoms with Crippen LogP contribution in [0.4, 0.5) is 0 Å². The molecule has 1 aromatic heterocycles. The van der Waals surface area contributed by atoms with Gasteiger partial charge in [0.2, 0.25) is 11.8 Å². The summed E-state index contributed by atoms with van der Waals surface area (Å²) in [6.45, 7) is 4.77. The number of nitrogens with zero attached hydrogens (tertiary/aromatic N) is 2. The van der Waals surface area contributed by atoms with Crippen LogP contribution < -0.4 is 5.32 Å². The van der Waals surface area contributed by atoms with Crippen LogP contribution in [0.1, 0.15) is 31.4 Å². The largest absolute Gasteiger partial charge is 0.467 e. The minimum absolute atomic E-state index is 0.00250. The summed E-state index contributed by atoms with van der Waals surface area (Å²) in [5.74, 6) is 0.540. The first kappa shape index (κ1) is 16.1. The molecule has 2 amide bonds. The molecule has 2 aliphatic heterocycles. The van der Waals surface area contributed by atoms with Crippen LogP contribution in [0.2, 0.25) is 0 Å². The van der Waals surface area contributed by atoms with Crippen molar-refractivity contribution in [1.82, 2.24) is 15.1 Å². The first-order valence-electron chi connectivity index (χ1n) is 8.52. The maximum absolute atomic E-state index is 12.2. The Balaban J connectivity index is 1.40. The fourth-order valence-corrected chi connectivity index (χ4v) is 3.36. The van der Waals surface area contributed by atoms with Crippen LogP contribution >= 0.6 is 0 Å². The van der Waals surface area contributed by atoms with E-state index in [2.05, 4.69) is 10.2 Å². The number of furan rings is 1. The lowest BCUT2D eigenvalue weighted by molar-refractivity contribution is -0.129. The average Bonchev–Trinajstić information content (AvgIpc) is 3.19. The molecule has 1 aromatic rings. The van der Waals surface area contributed by atoms with Crippen molar-refractivity contribution in [2.75, 3.05) is 32.7 Å². The van der Waals surface area contributed by atoms with Crippen LogP contribution in [0.15, 0.2) is 22.8 Å². The third kappa shape index (κ3) is 4.34. The molecule has 0 aromatic carbocycles. The molecule has 2 fully saturated rings. The molecule has 1 N–H and O–H groups in total. The van der Waals surface area contributed by atoms with Gasteiger partial charge >= 0.3 is 0 Å². The van der Waals surface area contributed by atoms with Gasteiger partial charge in [-0.05, 0) is 38.1 Å². The van der Waals surface area contributed by atoms with Crippen LogP contribution in [-0.2, 0) is 16.1 Å². The van der Waals surface area contributed by atoms with E-state index >= 15 is 0 Å². The van der Waals surface area contributed by atoms with Gasteiger partial charge in [0, 0.05) is 26.1 Å². The number of amides is 2. The van der Waals surface area contributed by atoms with Crippen molar-refractivity contribution in [2.24, 2.45) is 5.92 Å². The first-order valence-corrected chi connectivity index (χ1v) is 8.52. The smallest absolute Gasteiger partial charge is 0.225 e. The highest BCUT2D eigenvalue weighted by molar-refractivity contribution is 5.89. The lowest BCUT2D eigenvalue weighted by Gasteiger charge is -2.26. The molecular formula is C17H25N3O3. The van der Waals surface area contributed by atoms with Crippen LogP contribution in [0.25, 0.3) is 0 Å². The van der Waals surface area contributed by atoms with E-state index in [-0.39, 0.29) is 17.7 Å². The Morgan fingerprint density at radius 2 is 2.13 bits per heavy atom. The van der Waals surface area contributed by atoms with Crippen LogP contribution in [0.5, 0.6) is 0 Å². The van der Waals surface area contributed by atoms with E-state index in [4.69, 9.17) is 4.42 Å². The lowest BCUT2D eigenvalue weighted by atomic mass is 10.1. The number of nitrogens with one attached hydrogen (secondary N) is 1. The van der Waals surface area contributed by atoms with Crippen molar-refractivity contribution in [1.29, 1.82) is 0 Å². The van der Waals surface area contributed by atoms with E-state index in [0.29, 0.717) is 26.1 Å². The van der Waals surface area contributed by atoms with Crippen molar-refractivity contribution in [3.8, 4) is 0 Å². The van der Waals surface area contributed by atoms with Gasteiger partial charge in [-0.25, -0.2) is 0 Å². The van der Waals surface area contributed by atoms with Crippen molar-refractivity contribution in [3.05, 3.63) is 24.2 Å². The third-order valence-electron chi connectivity index (χ3n) is 4.69. The molecule has 126 valence electrons. The monoisotopic (exact) mass is 319 g/mol. The molecule has 6 nitrogen and oxygen atoms in total. The Morgan fingerprint density at radius 3 is 2.87 bits per heavy atom. The summed E-state index contributed by atoms with van der Waals surface area (Å²) in [7, 11) is 0. The number of rotatable bonds is 6. The zero-order valence-corrected chi connectivity index (χ0v) is 13.5. The third-order valence-corrected chi connectivity index (χ3v) is 4.69. The second-order valence-corrected chi connectivity index (χ2v) is 6.45. The Morgan fingerprint density at radius 1 is 1.30 bits per heavy atom. The molecule has 6 heteroatoms. The van der Waals surface area contributed by atoms with Crippen molar-refractivity contribution >= 4 is 11.8 Å². The van der Waals surface area contributed by atoms with Crippen molar-refractivity contribution in [3.63, 3.8) is 0 Å². The van der Waals surface area contributed by atoms with E-state index in [0.717, 1.165) is 25.4 Å². The van der Waals surface area contributed by atoms with Gasteiger partial charge in [-0.15, -0.1) is 0 Å². The van der Waals surface area contributed by atoms with Crippen LogP contribution in [-0.4, -0.2) is 54.3 Å². The number of likely N-dealkylation sites (tertiary alicyclic amines) is 2. The quantitative estimate of drug-likeness (QED) is 0.856. The molecule has 0 bridgehead atoms. The molecule has 0 saturated carbocycles. The second kappa shape index (κ2) is 7.64. The number of carbonyl (C=O) groups excluding carboxylic acids is 2. The Labute approximate surface area is 136 Å².